The number of ketones is 2. The molecule has 2 aromatic carbocycles. The Bertz CT molecular complexity index is 930. The number of nitriles is 1. The number of para-hydroxylation sites is 1. The number of rotatable bonds is 7. The summed E-state index contributed by atoms with van der Waals surface area (Å²) in [6.45, 7) is 2.68. The fraction of sp³-hybridized carbons (Fsp3) is 0.190. The molecule has 0 fully saturated rings. The van der Waals surface area contributed by atoms with Crippen molar-refractivity contribution < 1.29 is 19.2 Å². The first-order valence-corrected chi connectivity index (χ1v) is 8.54. The Morgan fingerprint density at radius 3 is 1.93 bits per heavy atom. The number of hydrogen-bond acceptors (Lipinski definition) is 5. The van der Waals surface area contributed by atoms with E-state index in [0.29, 0.717) is 16.9 Å². The van der Waals surface area contributed by atoms with Crippen LogP contribution in [-0.2, 0) is 14.4 Å². The molecular weight excluding hydrogens is 358 g/mol. The van der Waals surface area contributed by atoms with Crippen molar-refractivity contribution in [2.24, 2.45) is 11.8 Å². The van der Waals surface area contributed by atoms with Gasteiger partial charge in [-0.3, -0.25) is 19.2 Å². The minimum atomic E-state index is -1.39. The molecule has 28 heavy (non-hydrogen) atoms. The van der Waals surface area contributed by atoms with Gasteiger partial charge < -0.3 is 10.6 Å². The van der Waals surface area contributed by atoms with Gasteiger partial charge in [0, 0.05) is 16.9 Å². The van der Waals surface area contributed by atoms with Crippen LogP contribution in [0.5, 0.6) is 0 Å². The van der Waals surface area contributed by atoms with Gasteiger partial charge in [-0.05, 0) is 50.2 Å². The van der Waals surface area contributed by atoms with Gasteiger partial charge in [-0.1, -0.05) is 18.2 Å². The number of Topliss-reactive ketones (excluding diaryl/α,β-unsaturated/α-hetero) is 2. The van der Waals surface area contributed by atoms with Crippen LogP contribution >= 0.6 is 0 Å². The molecule has 2 N–H and O–H groups in total. The molecule has 2 amide bonds. The summed E-state index contributed by atoms with van der Waals surface area (Å²) in [5.41, 5.74) is 1.24. The minimum absolute atomic E-state index is 0.303. The van der Waals surface area contributed by atoms with E-state index in [1.54, 1.807) is 30.3 Å². The van der Waals surface area contributed by atoms with E-state index in [0.717, 1.165) is 6.92 Å². The average molecular weight is 377 g/mol. The van der Waals surface area contributed by atoms with Gasteiger partial charge in [-0.2, -0.15) is 5.26 Å². The molecule has 2 aromatic rings. The predicted octanol–water partition coefficient (Wildman–Crippen LogP) is 2.81. The van der Waals surface area contributed by atoms with Gasteiger partial charge >= 0.3 is 0 Å². The van der Waals surface area contributed by atoms with Crippen LogP contribution in [0.4, 0.5) is 11.4 Å². The number of benzene rings is 2. The molecule has 0 radical (unpaired) electrons. The number of carbonyl (C=O) groups is 4. The van der Waals surface area contributed by atoms with Crippen molar-refractivity contribution in [3.63, 3.8) is 0 Å². The maximum atomic E-state index is 12.5. The zero-order valence-electron chi connectivity index (χ0n) is 15.4. The molecule has 0 aromatic heterocycles. The first-order valence-electron chi connectivity index (χ1n) is 8.54. The molecule has 0 saturated carbocycles. The van der Waals surface area contributed by atoms with E-state index in [-0.39, 0.29) is 5.78 Å². The summed E-state index contributed by atoms with van der Waals surface area (Å²) in [7, 11) is 0. The Morgan fingerprint density at radius 2 is 1.39 bits per heavy atom. The maximum absolute atomic E-state index is 12.5. The fourth-order valence-corrected chi connectivity index (χ4v) is 2.41. The highest BCUT2D eigenvalue weighted by molar-refractivity contribution is 6.13. The monoisotopic (exact) mass is 377 g/mol. The lowest BCUT2D eigenvalue weighted by Crippen LogP contribution is -2.28. The third kappa shape index (κ3) is 5.11. The lowest BCUT2D eigenvalue weighted by Gasteiger charge is -2.12. The van der Waals surface area contributed by atoms with E-state index in [2.05, 4.69) is 10.6 Å². The molecule has 2 unspecified atom stereocenters. The van der Waals surface area contributed by atoms with E-state index in [4.69, 9.17) is 5.26 Å². The summed E-state index contributed by atoms with van der Waals surface area (Å²) >= 11 is 0. The molecule has 2 rings (SSSR count). The number of amides is 2. The third-order valence-corrected chi connectivity index (χ3v) is 4.06. The van der Waals surface area contributed by atoms with Crippen LogP contribution in [0.25, 0.3) is 0 Å². The van der Waals surface area contributed by atoms with Crippen LogP contribution < -0.4 is 10.6 Å². The normalized spacial score (nSPS) is 12.2. The lowest BCUT2D eigenvalue weighted by molar-refractivity contribution is -0.127. The molecule has 2 atom stereocenters. The summed E-state index contributed by atoms with van der Waals surface area (Å²) in [5.74, 6) is -4.36. The lowest BCUT2D eigenvalue weighted by atomic mass is 9.98. The number of nitrogens with zero attached hydrogens (tertiary/aromatic N) is 1. The summed E-state index contributed by atoms with van der Waals surface area (Å²) in [5, 5.41) is 14.0. The SMILES string of the molecule is CC(=O)C(C#N)C(=O)Nc1ccc(C(=O)C(C)C(=O)Nc2ccccc2)cc1. The molecule has 0 spiro atoms. The molecule has 0 bridgehead atoms. The molecule has 7 heteroatoms. The molecule has 0 aliphatic rings. The van der Waals surface area contributed by atoms with Crippen molar-refractivity contribution >= 4 is 34.8 Å². The largest absolute Gasteiger partial charge is 0.325 e. The summed E-state index contributed by atoms with van der Waals surface area (Å²) in [4.78, 5) is 47.9. The second-order valence-corrected chi connectivity index (χ2v) is 6.18. The fourth-order valence-electron chi connectivity index (χ4n) is 2.41. The third-order valence-electron chi connectivity index (χ3n) is 4.06. The van der Waals surface area contributed by atoms with Gasteiger partial charge in [0.2, 0.25) is 11.8 Å². The highest BCUT2D eigenvalue weighted by Gasteiger charge is 2.24. The van der Waals surface area contributed by atoms with E-state index in [1.807, 2.05) is 6.07 Å². The standard InChI is InChI=1S/C21H19N3O4/c1-13(20(27)23-16-6-4-3-5-7-16)19(26)15-8-10-17(11-9-15)24-21(28)18(12-22)14(2)25/h3-11,13,18H,1-2H3,(H,23,27)(H,24,28). The van der Waals surface area contributed by atoms with Crippen molar-refractivity contribution in [3.8, 4) is 6.07 Å². The first-order chi connectivity index (χ1) is 13.3. The highest BCUT2D eigenvalue weighted by Crippen LogP contribution is 2.16. The van der Waals surface area contributed by atoms with E-state index < -0.39 is 29.4 Å². The van der Waals surface area contributed by atoms with Gasteiger partial charge in [0.15, 0.2) is 17.5 Å². The molecule has 0 saturated heterocycles. The van der Waals surface area contributed by atoms with Crippen LogP contribution in [0, 0.1) is 23.2 Å². The summed E-state index contributed by atoms with van der Waals surface area (Å²) in [6, 6.07) is 16.3. The van der Waals surface area contributed by atoms with E-state index in [9.17, 15) is 19.2 Å². The number of nitrogens with one attached hydrogen (secondary N) is 2. The van der Waals surface area contributed by atoms with Gasteiger partial charge in [-0.15, -0.1) is 0 Å². The number of anilines is 2. The Hall–Kier alpha value is -3.79. The Morgan fingerprint density at radius 1 is 0.857 bits per heavy atom. The molecule has 0 aliphatic heterocycles. The van der Waals surface area contributed by atoms with Gasteiger partial charge in [0.1, 0.15) is 0 Å². The number of hydrogen-bond donors (Lipinski definition) is 2. The Kier molecular flexibility index (Phi) is 6.77. The zero-order chi connectivity index (χ0) is 20.7. The molecule has 0 aliphatic carbocycles. The van der Waals surface area contributed by atoms with Crippen molar-refractivity contribution in [2.75, 3.05) is 10.6 Å². The summed E-state index contributed by atoms with van der Waals surface area (Å²) < 4.78 is 0. The van der Waals surface area contributed by atoms with Gasteiger partial charge in [0.25, 0.3) is 0 Å². The number of carbonyl (C=O) groups excluding carboxylic acids is 4. The average Bonchev–Trinajstić information content (AvgIpc) is 2.68. The topological polar surface area (TPSA) is 116 Å². The smallest absolute Gasteiger partial charge is 0.249 e. The van der Waals surface area contributed by atoms with E-state index in [1.165, 1.54) is 31.2 Å². The maximum Gasteiger partial charge on any atom is 0.249 e. The quantitative estimate of drug-likeness (QED) is 0.568. The summed E-state index contributed by atoms with van der Waals surface area (Å²) in [6.07, 6.45) is 0. The Labute approximate surface area is 162 Å². The van der Waals surface area contributed by atoms with Crippen LogP contribution in [0.15, 0.2) is 54.6 Å². The molecular formula is C21H19N3O4. The van der Waals surface area contributed by atoms with Crippen molar-refractivity contribution in [3.05, 3.63) is 60.2 Å². The van der Waals surface area contributed by atoms with Gasteiger partial charge in [0.05, 0.1) is 12.0 Å². The predicted molar refractivity (Wildman–Crippen MR) is 103 cm³/mol. The minimum Gasteiger partial charge on any atom is -0.325 e. The van der Waals surface area contributed by atoms with Crippen LogP contribution in [-0.4, -0.2) is 23.4 Å². The zero-order valence-corrected chi connectivity index (χ0v) is 15.4. The van der Waals surface area contributed by atoms with Crippen molar-refractivity contribution in [2.45, 2.75) is 13.8 Å². The molecule has 142 valence electrons. The molecule has 7 nitrogen and oxygen atoms in total. The van der Waals surface area contributed by atoms with Crippen LogP contribution in [0.1, 0.15) is 24.2 Å². The Balaban J connectivity index is 2.03. The van der Waals surface area contributed by atoms with Crippen molar-refractivity contribution in [1.82, 2.24) is 0 Å². The van der Waals surface area contributed by atoms with Crippen molar-refractivity contribution in [1.29, 1.82) is 5.26 Å². The van der Waals surface area contributed by atoms with Crippen LogP contribution in [0.3, 0.4) is 0 Å². The second-order valence-electron chi connectivity index (χ2n) is 6.18. The van der Waals surface area contributed by atoms with Gasteiger partial charge in [-0.25, -0.2) is 0 Å². The molecule has 0 heterocycles. The first kappa shape index (κ1) is 20.5. The van der Waals surface area contributed by atoms with E-state index >= 15 is 0 Å². The van der Waals surface area contributed by atoms with Crippen LogP contribution in [0.2, 0.25) is 0 Å². The second kappa shape index (κ2) is 9.24. The highest BCUT2D eigenvalue weighted by atomic mass is 16.2.